The van der Waals surface area contributed by atoms with Crippen LogP contribution in [0.25, 0.3) is 6.08 Å². The lowest BCUT2D eigenvalue weighted by Gasteiger charge is -2.23. The van der Waals surface area contributed by atoms with Crippen LogP contribution in [0.15, 0.2) is 30.3 Å². The highest BCUT2D eigenvalue weighted by atomic mass is 16.7. The van der Waals surface area contributed by atoms with Crippen molar-refractivity contribution in [3.8, 4) is 5.75 Å². The number of carboxylic acids is 1. The third kappa shape index (κ3) is 4.73. The van der Waals surface area contributed by atoms with E-state index >= 15 is 0 Å². The van der Waals surface area contributed by atoms with Gasteiger partial charge in [0.05, 0.1) is 13.2 Å². The summed E-state index contributed by atoms with van der Waals surface area (Å²) in [4.78, 5) is 10.4. The summed E-state index contributed by atoms with van der Waals surface area (Å²) in [6.07, 6.45) is 3.24. The largest absolute Gasteiger partial charge is 0.488 e. The molecule has 1 aliphatic rings. The molecular formula is C14H16O5. The summed E-state index contributed by atoms with van der Waals surface area (Å²) in [6, 6.07) is 7.14. The van der Waals surface area contributed by atoms with Crippen LogP contribution < -0.4 is 4.74 Å². The molecule has 102 valence electrons. The Labute approximate surface area is 111 Å². The van der Waals surface area contributed by atoms with E-state index in [0.717, 1.165) is 18.1 Å². The normalized spacial score (nSPS) is 16.6. The molecule has 0 unspecified atom stereocenters. The molecule has 5 heteroatoms. The van der Waals surface area contributed by atoms with Crippen molar-refractivity contribution in [3.63, 3.8) is 0 Å². The van der Waals surface area contributed by atoms with E-state index in [2.05, 4.69) is 0 Å². The average Bonchev–Trinajstić information content (AvgIpc) is 2.45. The summed E-state index contributed by atoms with van der Waals surface area (Å²) in [6.45, 7) is 1.75. The monoisotopic (exact) mass is 264 g/mol. The Balaban J connectivity index is 1.82. The fourth-order valence-electron chi connectivity index (χ4n) is 1.64. The summed E-state index contributed by atoms with van der Waals surface area (Å²) in [7, 11) is 0. The van der Waals surface area contributed by atoms with E-state index in [0.29, 0.717) is 25.6 Å². The van der Waals surface area contributed by atoms with E-state index in [4.69, 9.17) is 19.3 Å². The quantitative estimate of drug-likeness (QED) is 0.823. The van der Waals surface area contributed by atoms with Crippen molar-refractivity contribution in [2.24, 2.45) is 0 Å². The molecule has 2 rings (SSSR count). The zero-order valence-electron chi connectivity index (χ0n) is 10.5. The molecule has 1 heterocycles. The number of carbonyl (C=O) groups is 1. The third-order valence-corrected chi connectivity index (χ3v) is 2.58. The molecule has 1 aliphatic heterocycles. The molecule has 1 saturated heterocycles. The van der Waals surface area contributed by atoms with E-state index in [1.165, 1.54) is 6.08 Å². The highest BCUT2D eigenvalue weighted by Gasteiger charge is 2.14. The number of hydrogen-bond acceptors (Lipinski definition) is 4. The lowest BCUT2D eigenvalue weighted by molar-refractivity contribution is -0.191. The van der Waals surface area contributed by atoms with Crippen molar-refractivity contribution in [3.05, 3.63) is 35.9 Å². The minimum Gasteiger partial charge on any atom is -0.488 e. The Bertz CT molecular complexity index is 432. The smallest absolute Gasteiger partial charge is 0.328 e. The second-order valence-electron chi connectivity index (χ2n) is 4.08. The van der Waals surface area contributed by atoms with Crippen LogP contribution in [0.4, 0.5) is 0 Å². The molecule has 0 aromatic heterocycles. The van der Waals surface area contributed by atoms with Gasteiger partial charge in [-0.05, 0) is 30.2 Å². The Morgan fingerprint density at radius 1 is 1.32 bits per heavy atom. The van der Waals surface area contributed by atoms with Gasteiger partial charge in [-0.25, -0.2) is 4.79 Å². The molecule has 1 aromatic carbocycles. The lowest BCUT2D eigenvalue weighted by Crippen LogP contribution is -2.30. The molecule has 1 N–H and O–H groups in total. The van der Waals surface area contributed by atoms with Crippen molar-refractivity contribution in [1.82, 2.24) is 0 Å². The van der Waals surface area contributed by atoms with E-state index in [1.807, 2.05) is 0 Å². The van der Waals surface area contributed by atoms with Gasteiger partial charge in [0.1, 0.15) is 12.4 Å². The zero-order valence-corrected chi connectivity index (χ0v) is 10.5. The summed E-state index contributed by atoms with van der Waals surface area (Å²) in [5.41, 5.74) is 0.805. The number of hydrogen-bond donors (Lipinski definition) is 1. The maximum Gasteiger partial charge on any atom is 0.328 e. The highest BCUT2D eigenvalue weighted by molar-refractivity contribution is 5.85. The molecule has 19 heavy (non-hydrogen) atoms. The van der Waals surface area contributed by atoms with Crippen LogP contribution >= 0.6 is 0 Å². The van der Waals surface area contributed by atoms with Gasteiger partial charge in [0, 0.05) is 6.08 Å². The van der Waals surface area contributed by atoms with E-state index in [-0.39, 0.29) is 6.29 Å². The van der Waals surface area contributed by atoms with Crippen LogP contribution in [0, 0.1) is 0 Å². The van der Waals surface area contributed by atoms with Gasteiger partial charge in [-0.2, -0.15) is 0 Å². The topological polar surface area (TPSA) is 65.0 Å². The van der Waals surface area contributed by atoms with E-state index in [9.17, 15) is 4.79 Å². The fraction of sp³-hybridized carbons (Fsp3) is 0.357. The molecule has 0 atom stereocenters. The zero-order chi connectivity index (χ0) is 13.5. The number of benzene rings is 1. The first kappa shape index (κ1) is 13.6. The molecule has 0 aliphatic carbocycles. The predicted molar refractivity (Wildman–Crippen MR) is 68.9 cm³/mol. The molecule has 0 spiro atoms. The Morgan fingerprint density at radius 3 is 2.63 bits per heavy atom. The first-order chi connectivity index (χ1) is 9.24. The van der Waals surface area contributed by atoms with Crippen LogP contribution in [-0.4, -0.2) is 37.2 Å². The van der Waals surface area contributed by atoms with Crippen LogP contribution in [0.2, 0.25) is 0 Å². The average molecular weight is 264 g/mol. The SMILES string of the molecule is O=C(O)/C=C/c1ccc(OCC2OCCCO2)cc1. The van der Waals surface area contributed by atoms with E-state index in [1.54, 1.807) is 24.3 Å². The summed E-state index contributed by atoms with van der Waals surface area (Å²) in [5, 5.41) is 8.52. The highest BCUT2D eigenvalue weighted by Crippen LogP contribution is 2.14. The molecule has 1 fully saturated rings. The van der Waals surface area contributed by atoms with Crippen LogP contribution in [0.1, 0.15) is 12.0 Å². The minimum absolute atomic E-state index is 0.305. The van der Waals surface area contributed by atoms with Crippen LogP contribution in [0.5, 0.6) is 5.75 Å². The van der Waals surface area contributed by atoms with Crippen LogP contribution in [0.3, 0.4) is 0 Å². The minimum atomic E-state index is -0.966. The fourth-order valence-corrected chi connectivity index (χ4v) is 1.64. The molecule has 0 amide bonds. The molecule has 0 bridgehead atoms. The number of carboxylic acid groups (broad SMARTS) is 1. The predicted octanol–water partition coefficient (Wildman–Crippen LogP) is 1.93. The Hall–Kier alpha value is -1.85. The van der Waals surface area contributed by atoms with Crippen LogP contribution in [-0.2, 0) is 14.3 Å². The van der Waals surface area contributed by atoms with Crippen molar-refractivity contribution < 1.29 is 24.1 Å². The third-order valence-electron chi connectivity index (χ3n) is 2.58. The Morgan fingerprint density at radius 2 is 2.00 bits per heavy atom. The number of aliphatic carboxylic acids is 1. The lowest BCUT2D eigenvalue weighted by atomic mass is 10.2. The molecule has 1 aromatic rings. The van der Waals surface area contributed by atoms with Gasteiger partial charge in [0.25, 0.3) is 0 Å². The van der Waals surface area contributed by atoms with Crippen molar-refractivity contribution in [2.45, 2.75) is 12.7 Å². The second kappa shape index (κ2) is 6.92. The molecule has 0 radical (unpaired) electrons. The van der Waals surface area contributed by atoms with Gasteiger partial charge in [0.15, 0.2) is 6.29 Å². The maximum atomic E-state index is 10.4. The van der Waals surface area contributed by atoms with Crippen molar-refractivity contribution in [2.75, 3.05) is 19.8 Å². The maximum absolute atomic E-state index is 10.4. The number of rotatable bonds is 5. The number of ether oxygens (including phenoxy) is 3. The summed E-state index contributed by atoms with van der Waals surface area (Å²) in [5.74, 6) is -0.267. The molecule has 5 nitrogen and oxygen atoms in total. The standard InChI is InChI=1S/C14H16O5/c15-13(16)7-4-11-2-5-12(6-3-11)19-10-14-17-8-1-9-18-14/h2-7,14H,1,8-10H2,(H,15,16)/b7-4+. The van der Waals surface area contributed by atoms with Gasteiger partial charge in [-0.1, -0.05) is 12.1 Å². The first-order valence-corrected chi connectivity index (χ1v) is 6.11. The van der Waals surface area contributed by atoms with E-state index < -0.39 is 5.97 Å². The molecular weight excluding hydrogens is 248 g/mol. The van der Waals surface area contributed by atoms with Crippen molar-refractivity contribution in [1.29, 1.82) is 0 Å². The Kier molecular flexibility index (Phi) is 4.94. The second-order valence-corrected chi connectivity index (χ2v) is 4.08. The van der Waals surface area contributed by atoms with Gasteiger partial charge in [0.2, 0.25) is 0 Å². The first-order valence-electron chi connectivity index (χ1n) is 6.11. The summed E-state index contributed by atoms with van der Waals surface area (Å²) < 4.78 is 16.3. The van der Waals surface area contributed by atoms with Gasteiger partial charge < -0.3 is 19.3 Å². The summed E-state index contributed by atoms with van der Waals surface area (Å²) >= 11 is 0. The van der Waals surface area contributed by atoms with Crippen molar-refractivity contribution >= 4 is 12.0 Å². The van der Waals surface area contributed by atoms with Gasteiger partial charge in [-0.3, -0.25) is 0 Å². The van der Waals surface area contributed by atoms with Gasteiger partial charge in [-0.15, -0.1) is 0 Å². The van der Waals surface area contributed by atoms with Gasteiger partial charge >= 0.3 is 5.97 Å². The molecule has 0 saturated carbocycles.